The van der Waals surface area contributed by atoms with Crippen molar-refractivity contribution in [3.05, 3.63) is 96.1 Å². The zero-order valence-electron chi connectivity index (χ0n) is 14.1. The first-order valence-corrected chi connectivity index (χ1v) is 8.25. The highest BCUT2D eigenvalue weighted by Crippen LogP contribution is 2.19. The Morgan fingerprint density at radius 2 is 1.36 bits per heavy atom. The molecule has 0 heterocycles. The van der Waals surface area contributed by atoms with Crippen LogP contribution in [-0.4, -0.2) is 11.6 Å². The number of hydrogen-bond donors (Lipinski definition) is 1. The minimum atomic E-state index is -0.119. The van der Waals surface area contributed by atoms with Crippen molar-refractivity contribution in [2.75, 3.05) is 0 Å². The Balaban J connectivity index is 1.63. The second-order valence-electron chi connectivity index (χ2n) is 5.84. The number of nitrogens with zero attached hydrogens (tertiary/aromatic N) is 1. The average molecular weight is 328 g/mol. The molecule has 0 saturated carbocycles. The maximum absolute atomic E-state index is 12.0. The molecule has 124 valence electrons. The van der Waals surface area contributed by atoms with Crippen LogP contribution in [0.1, 0.15) is 18.1 Å². The summed E-state index contributed by atoms with van der Waals surface area (Å²) in [6, 6.07) is 28.0. The van der Waals surface area contributed by atoms with Gasteiger partial charge in [-0.2, -0.15) is 5.10 Å². The largest absolute Gasteiger partial charge is 0.273 e. The molecule has 1 amide bonds. The molecule has 0 saturated heterocycles. The van der Waals surface area contributed by atoms with E-state index >= 15 is 0 Å². The number of hydrazone groups is 1. The third kappa shape index (κ3) is 4.64. The highest BCUT2D eigenvalue weighted by Gasteiger charge is 2.03. The highest BCUT2D eigenvalue weighted by atomic mass is 16.2. The van der Waals surface area contributed by atoms with Gasteiger partial charge in [0.2, 0.25) is 5.91 Å². The predicted octanol–water partition coefficient (Wildman–Crippen LogP) is 4.44. The van der Waals surface area contributed by atoms with Crippen molar-refractivity contribution in [3.8, 4) is 11.1 Å². The smallest absolute Gasteiger partial charge is 0.244 e. The Hall–Kier alpha value is -3.20. The Labute approximate surface area is 148 Å². The summed E-state index contributed by atoms with van der Waals surface area (Å²) in [5.74, 6) is -0.119. The van der Waals surface area contributed by atoms with Crippen LogP contribution in [0, 0.1) is 0 Å². The van der Waals surface area contributed by atoms with Gasteiger partial charge in [-0.25, -0.2) is 5.43 Å². The maximum atomic E-state index is 12.0. The lowest BCUT2D eigenvalue weighted by Gasteiger charge is -2.05. The molecule has 0 atom stereocenters. The van der Waals surface area contributed by atoms with Gasteiger partial charge in [0.1, 0.15) is 0 Å². The molecule has 0 unspecified atom stereocenters. The van der Waals surface area contributed by atoms with Gasteiger partial charge >= 0.3 is 0 Å². The van der Waals surface area contributed by atoms with E-state index in [2.05, 4.69) is 34.8 Å². The van der Waals surface area contributed by atoms with Crippen molar-refractivity contribution in [2.45, 2.75) is 13.3 Å². The van der Waals surface area contributed by atoms with Crippen LogP contribution in [0.2, 0.25) is 0 Å². The van der Waals surface area contributed by atoms with Gasteiger partial charge in [0.15, 0.2) is 0 Å². The van der Waals surface area contributed by atoms with Crippen LogP contribution in [0.15, 0.2) is 90.0 Å². The normalized spacial score (nSPS) is 11.2. The van der Waals surface area contributed by atoms with Gasteiger partial charge in [-0.15, -0.1) is 0 Å². The van der Waals surface area contributed by atoms with Crippen LogP contribution in [0.25, 0.3) is 11.1 Å². The second kappa shape index (κ2) is 8.06. The van der Waals surface area contributed by atoms with Crippen LogP contribution in [-0.2, 0) is 11.2 Å². The Morgan fingerprint density at radius 3 is 2.00 bits per heavy atom. The lowest BCUT2D eigenvalue weighted by molar-refractivity contribution is -0.120. The maximum Gasteiger partial charge on any atom is 0.244 e. The van der Waals surface area contributed by atoms with Crippen molar-refractivity contribution >= 4 is 11.6 Å². The van der Waals surface area contributed by atoms with E-state index in [0.29, 0.717) is 6.42 Å². The summed E-state index contributed by atoms with van der Waals surface area (Å²) in [6.45, 7) is 1.89. The number of nitrogens with one attached hydrogen (secondary N) is 1. The molecule has 0 aliphatic carbocycles. The van der Waals surface area contributed by atoms with E-state index in [9.17, 15) is 4.79 Å². The second-order valence-corrected chi connectivity index (χ2v) is 5.84. The lowest BCUT2D eigenvalue weighted by atomic mass is 10.0. The molecule has 0 radical (unpaired) electrons. The summed E-state index contributed by atoms with van der Waals surface area (Å²) in [4.78, 5) is 12.0. The highest BCUT2D eigenvalue weighted by molar-refractivity contribution is 5.99. The molecule has 25 heavy (non-hydrogen) atoms. The standard InChI is InChI=1S/C22H20N2O/c1-17(23-24-22(25)16-18-8-4-2-5-9-18)19-12-14-21(15-13-19)20-10-6-3-7-11-20/h2-15H,16H2,1H3,(H,24,25). The summed E-state index contributed by atoms with van der Waals surface area (Å²) in [7, 11) is 0. The summed E-state index contributed by atoms with van der Waals surface area (Å²) < 4.78 is 0. The molecule has 3 aromatic rings. The van der Waals surface area contributed by atoms with Crippen molar-refractivity contribution in [3.63, 3.8) is 0 Å². The van der Waals surface area contributed by atoms with Crippen LogP contribution in [0.3, 0.4) is 0 Å². The molecule has 0 aliphatic heterocycles. The fourth-order valence-corrected chi connectivity index (χ4v) is 2.57. The quantitative estimate of drug-likeness (QED) is 0.546. The number of amides is 1. The number of carbonyl (C=O) groups excluding carboxylic acids is 1. The predicted molar refractivity (Wildman–Crippen MR) is 102 cm³/mol. The number of rotatable bonds is 5. The van der Waals surface area contributed by atoms with E-state index in [0.717, 1.165) is 22.4 Å². The molecule has 0 spiro atoms. The van der Waals surface area contributed by atoms with Gasteiger partial charge in [0.05, 0.1) is 12.1 Å². The van der Waals surface area contributed by atoms with E-state index < -0.39 is 0 Å². The summed E-state index contributed by atoms with van der Waals surface area (Å²) in [5, 5.41) is 4.21. The molecule has 0 aromatic heterocycles. The van der Waals surface area contributed by atoms with E-state index in [1.807, 2.05) is 67.6 Å². The van der Waals surface area contributed by atoms with Crippen LogP contribution < -0.4 is 5.43 Å². The molecule has 3 rings (SSSR count). The minimum Gasteiger partial charge on any atom is -0.273 e. The Kier molecular flexibility index (Phi) is 5.37. The minimum absolute atomic E-state index is 0.119. The first-order chi connectivity index (χ1) is 12.2. The number of hydrogen-bond acceptors (Lipinski definition) is 2. The molecule has 0 fully saturated rings. The van der Waals surface area contributed by atoms with E-state index in [-0.39, 0.29) is 5.91 Å². The molecule has 3 nitrogen and oxygen atoms in total. The zero-order valence-corrected chi connectivity index (χ0v) is 14.1. The van der Waals surface area contributed by atoms with Crippen molar-refractivity contribution in [2.24, 2.45) is 5.10 Å². The van der Waals surface area contributed by atoms with Gasteiger partial charge < -0.3 is 0 Å². The van der Waals surface area contributed by atoms with Crippen molar-refractivity contribution in [1.82, 2.24) is 5.43 Å². The molecule has 0 aliphatic rings. The van der Waals surface area contributed by atoms with Gasteiger partial charge in [-0.1, -0.05) is 84.9 Å². The topological polar surface area (TPSA) is 41.5 Å². The van der Waals surface area contributed by atoms with Gasteiger partial charge in [-0.05, 0) is 29.2 Å². The van der Waals surface area contributed by atoms with Gasteiger partial charge in [0.25, 0.3) is 0 Å². The molecule has 1 N–H and O–H groups in total. The number of carbonyl (C=O) groups is 1. The monoisotopic (exact) mass is 328 g/mol. The van der Waals surface area contributed by atoms with Gasteiger partial charge in [0, 0.05) is 0 Å². The molecular weight excluding hydrogens is 308 g/mol. The Morgan fingerprint density at radius 1 is 0.800 bits per heavy atom. The first kappa shape index (κ1) is 16.7. The van der Waals surface area contributed by atoms with Gasteiger partial charge in [-0.3, -0.25) is 4.79 Å². The first-order valence-electron chi connectivity index (χ1n) is 8.25. The van der Waals surface area contributed by atoms with Crippen molar-refractivity contribution in [1.29, 1.82) is 0 Å². The fraction of sp³-hybridized carbons (Fsp3) is 0.0909. The number of benzene rings is 3. The summed E-state index contributed by atoms with van der Waals surface area (Å²) in [5.41, 5.74) is 7.70. The van der Waals surface area contributed by atoms with Crippen LogP contribution in [0.4, 0.5) is 0 Å². The van der Waals surface area contributed by atoms with E-state index in [4.69, 9.17) is 0 Å². The summed E-state index contributed by atoms with van der Waals surface area (Å²) >= 11 is 0. The molecule has 3 aromatic carbocycles. The third-order valence-electron chi connectivity index (χ3n) is 3.97. The van der Waals surface area contributed by atoms with Crippen LogP contribution in [0.5, 0.6) is 0 Å². The average Bonchev–Trinajstić information content (AvgIpc) is 2.68. The summed E-state index contributed by atoms with van der Waals surface area (Å²) in [6.07, 6.45) is 0.324. The molecular formula is C22H20N2O. The van der Waals surface area contributed by atoms with E-state index in [1.54, 1.807) is 0 Å². The Bertz CT molecular complexity index is 854. The zero-order chi connectivity index (χ0) is 17.5. The van der Waals surface area contributed by atoms with Crippen LogP contribution >= 0.6 is 0 Å². The molecule has 0 bridgehead atoms. The van der Waals surface area contributed by atoms with Crippen molar-refractivity contribution < 1.29 is 4.79 Å². The van der Waals surface area contributed by atoms with E-state index in [1.165, 1.54) is 5.56 Å². The third-order valence-corrected chi connectivity index (χ3v) is 3.97. The SMILES string of the molecule is CC(=NNC(=O)Cc1ccccc1)c1ccc(-c2ccccc2)cc1. The fourth-order valence-electron chi connectivity index (χ4n) is 2.57. The lowest BCUT2D eigenvalue weighted by Crippen LogP contribution is -2.21. The molecule has 3 heteroatoms.